The monoisotopic (exact) mass is 892 g/mol. The maximum absolute atomic E-state index is 14.7. The summed E-state index contributed by atoms with van der Waals surface area (Å²) in [6, 6.07) is 6.71. The summed E-state index contributed by atoms with van der Waals surface area (Å²) >= 11 is 0. The highest BCUT2D eigenvalue weighted by Crippen LogP contribution is 2.63. The first-order valence-electron chi connectivity index (χ1n) is 24.0. The Kier molecular flexibility index (Phi) is 12.9. The molecule has 0 radical (unpaired) electrons. The molecule has 6 heterocycles. The van der Waals surface area contributed by atoms with E-state index in [1.165, 1.54) is 0 Å². The molecule has 0 aromatic heterocycles. The highest BCUT2D eigenvalue weighted by atomic mass is 32.2. The lowest BCUT2D eigenvalue weighted by Gasteiger charge is -2.61. The van der Waals surface area contributed by atoms with Gasteiger partial charge in [-0.1, -0.05) is 53.7 Å². The van der Waals surface area contributed by atoms with E-state index in [2.05, 4.69) is 41.5 Å². The highest BCUT2D eigenvalue weighted by Gasteiger charge is 2.69. The van der Waals surface area contributed by atoms with Crippen LogP contribution in [0.1, 0.15) is 125 Å². The highest BCUT2D eigenvalue weighted by molar-refractivity contribution is 7.91. The van der Waals surface area contributed by atoms with Gasteiger partial charge in [-0.25, -0.2) is 32.5 Å². The SMILES string of the molecule is CCOP(=O)(OCC)OCc1ccc(S(=O)(=O)CC(C[C@H]2O[C@@H]3C[C@@H](C)[C@@H]4C[C@H]5[C@H](C)CC[C@@H]([C@H]2C)[C@@]35OO4)C[C@H]2O[C@@H]3C[C@@H](C)[C@@H]4C[C@H]5[C@H](C)CC[C@@H]([C@H]2C)[C@@]35OO4)cc1. The molecular weight excluding hydrogens is 820 g/mol. The van der Waals surface area contributed by atoms with Crippen molar-refractivity contribution in [3.63, 3.8) is 0 Å². The third-order valence-corrected chi connectivity index (χ3v) is 21.1. The molecule has 0 unspecified atom stereocenters. The number of fused-ring (bicyclic) bond motifs is 4. The Balaban J connectivity index is 0.997. The van der Waals surface area contributed by atoms with Crippen molar-refractivity contribution in [3.05, 3.63) is 29.8 Å². The van der Waals surface area contributed by atoms with Gasteiger partial charge in [-0.2, -0.15) is 0 Å². The van der Waals surface area contributed by atoms with Gasteiger partial charge in [0, 0.05) is 0 Å². The lowest BCUT2D eigenvalue weighted by Crippen LogP contribution is -2.68. The van der Waals surface area contributed by atoms with Crippen molar-refractivity contribution >= 4 is 17.7 Å². The van der Waals surface area contributed by atoms with Crippen molar-refractivity contribution < 1.29 is 55.6 Å². The smallest absolute Gasteiger partial charge is 0.372 e. The zero-order chi connectivity index (χ0) is 43.1. The molecule has 11 rings (SSSR count). The van der Waals surface area contributed by atoms with E-state index in [0.29, 0.717) is 53.9 Å². The topological polar surface area (TPSA) is 134 Å². The average Bonchev–Trinajstić information content (AvgIpc) is 3.57. The van der Waals surface area contributed by atoms with Gasteiger partial charge in [0.15, 0.2) is 9.84 Å². The fourth-order valence-electron chi connectivity index (χ4n) is 14.3. The molecular formula is C47H73O12PS. The molecule has 1 aromatic rings. The minimum absolute atomic E-state index is 0.0255. The van der Waals surface area contributed by atoms with Crippen LogP contribution in [-0.2, 0) is 63.6 Å². The van der Waals surface area contributed by atoms with Crippen LogP contribution in [0.3, 0.4) is 0 Å². The molecule has 344 valence electrons. The van der Waals surface area contributed by atoms with Crippen molar-refractivity contribution in [3.8, 4) is 0 Å². The van der Waals surface area contributed by atoms with Gasteiger partial charge in [0.25, 0.3) is 0 Å². The minimum atomic E-state index is -3.76. The second kappa shape index (κ2) is 17.4. The van der Waals surface area contributed by atoms with Crippen LogP contribution >= 0.6 is 7.82 Å². The molecule has 4 aliphatic carbocycles. The number of benzene rings is 1. The summed E-state index contributed by atoms with van der Waals surface area (Å²) in [5.74, 6) is 3.03. The van der Waals surface area contributed by atoms with E-state index in [1.54, 1.807) is 38.1 Å². The van der Waals surface area contributed by atoms with Crippen LogP contribution in [0, 0.1) is 65.1 Å². The third kappa shape index (κ3) is 7.89. The molecule has 4 saturated carbocycles. The number of hydrogen-bond acceptors (Lipinski definition) is 12. The van der Waals surface area contributed by atoms with Crippen LogP contribution in [0.25, 0.3) is 0 Å². The van der Waals surface area contributed by atoms with E-state index in [1.807, 2.05) is 0 Å². The number of hydrogen-bond donors (Lipinski definition) is 0. The number of sulfone groups is 1. The van der Waals surface area contributed by atoms with Crippen LogP contribution in [0.5, 0.6) is 0 Å². The van der Waals surface area contributed by atoms with E-state index in [0.717, 1.165) is 51.4 Å². The van der Waals surface area contributed by atoms with Gasteiger partial charge in [0.2, 0.25) is 0 Å². The van der Waals surface area contributed by atoms with Gasteiger partial charge in [0.05, 0.1) is 67.1 Å². The molecule has 10 aliphatic rings. The van der Waals surface area contributed by atoms with Crippen LogP contribution in [0.15, 0.2) is 29.2 Å². The summed E-state index contributed by atoms with van der Waals surface area (Å²) in [4.78, 5) is 25.9. The minimum Gasteiger partial charge on any atom is -0.372 e. The Morgan fingerprint density at radius 1 is 0.656 bits per heavy atom. The van der Waals surface area contributed by atoms with Gasteiger partial charge in [-0.05, 0) is 161 Å². The average molecular weight is 893 g/mol. The van der Waals surface area contributed by atoms with E-state index >= 15 is 0 Å². The molecule has 1 aromatic carbocycles. The molecule has 4 bridgehead atoms. The van der Waals surface area contributed by atoms with Gasteiger partial charge in [-0.15, -0.1) is 0 Å². The Morgan fingerprint density at radius 2 is 1.13 bits per heavy atom. The Labute approximate surface area is 364 Å². The maximum Gasteiger partial charge on any atom is 0.475 e. The normalized spacial score (nSPS) is 45.5. The van der Waals surface area contributed by atoms with Crippen molar-refractivity contribution in [2.45, 2.75) is 179 Å². The Bertz CT molecular complexity index is 1780. The van der Waals surface area contributed by atoms with Crippen LogP contribution in [0.4, 0.5) is 0 Å². The second-order valence-electron chi connectivity index (χ2n) is 20.9. The fraction of sp³-hybridized carbons (Fsp3) is 0.872. The molecule has 14 heteroatoms. The number of phosphoric acid groups is 1. The second-order valence-corrected chi connectivity index (χ2v) is 24.6. The van der Waals surface area contributed by atoms with E-state index < -0.39 is 28.9 Å². The van der Waals surface area contributed by atoms with Crippen LogP contribution in [0.2, 0.25) is 0 Å². The van der Waals surface area contributed by atoms with Crippen molar-refractivity contribution in [1.82, 2.24) is 0 Å². The lowest BCUT2D eigenvalue weighted by molar-refractivity contribution is -0.466. The Morgan fingerprint density at radius 3 is 1.59 bits per heavy atom. The molecule has 12 nitrogen and oxygen atoms in total. The fourth-order valence-corrected chi connectivity index (χ4v) is 17.1. The standard InChI is InChI=1S/C47H73O12PS/c1-9-51-60(48,52-10-2)53-25-33-13-15-35(16-14-33)61(49,50)26-34(21-42-31(7)36-17-11-27(3)38-23-40-29(5)19-44(54-42)46(36,38)58-56-40)22-43-32(8)37-18-12-28(4)39-24-41-30(6)20-45(55-43)47(37,39)59-57-41/h13-16,27-32,34,36-45H,9-12,17-26H2,1-8H3/t27-,28-,29-,30-,31-,32-,36+,37+,38+,39+,40+,41+,42-,43-,44-,45-,46+,47+/m1/s1. The zero-order valence-electron chi connectivity index (χ0n) is 37.8. The van der Waals surface area contributed by atoms with Crippen LogP contribution in [-0.4, -0.2) is 75.2 Å². The summed E-state index contributed by atoms with van der Waals surface area (Å²) in [5, 5.41) is 0. The summed E-state index contributed by atoms with van der Waals surface area (Å²) < 4.78 is 73.1. The van der Waals surface area contributed by atoms with Crippen molar-refractivity contribution in [1.29, 1.82) is 0 Å². The zero-order valence-corrected chi connectivity index (χ0v) is 39.5. The first kappa shape index (κ1) is 45.2. The summed E-state index contributed by atoms with van der Waals surface area (Å²) in [6.07, 6.45) is 9.08. The maximum atomic E-state index is 14.7. The quantitative estimate of drug-likeness (QED) is 0.130. The predicted molar refractivity (Wildman–Crippen MR) is 227 cm³/mol. The van der Waals surface area contributed by atoms with Gasteiger partial charge >= 0.3 is 7.82 Å². The van der Waals surface area contributed by atoms with E-state index in [9.17, 15) is 13.0 Å². The number of phosphoric ester groups is 1. The number of rotatable bonds is 14. The molecule has 18 atom stereocenters. The van der Waals surface area contributed by atoms with Gasteiger partial charge in [-0.3, -0.25) is 13.6 Å². The van der Waals surface area contributed by atoms with Gasteiger partial charge < -0.3 is 9.47 Å². The molecule has 0 amide bonds. The molecule has 61 heavy (non-hydrogen) atoms. The molecule has 6 saturated heterocycles. The summed E-state index contributed by atoms with van der Waals surface area (Å²) in [6.45, 7) is 17.7. The predicted octanol–water partition coefficient (Wildman–Crippen LogP) is 9.68. The first-order valence-corrected chi connectivity index (χ1v) is 27.1. The molecule has 6 aliphatic heterocycles. The molecule has 0 N–H and O–H groups in total. The third-order valence-electron chi connectivity index (χ3n) is 17.6. The molecule has 2 spiro atoms. The van der Waals surface area contributed by atoms with Gasteiger partial charge in [0.1, 0.15) is 11.2 Å². The van der Waals surface area contributed by atoms with E-state index in [4.69, 9.17) is 42.6 Å². The summed E-state index contributed by atoms with van der Waals surface area (Å²) in [5.41, 5.74) is -0.270. The van der Waals surface area contributed by atoms with Crippen LogP contribution < -0.4 is 0 Å². The Hall–Kier alpha value is -0.960. The summed E-state index contributed by atoms with van der Waals surface area (Å²) in [7, 11) is -7.49. The van der Waals surface area contributed by atoms with Crippen molar-refractivity contribution in [2.24, 2.45) is 65.1 Å². The molecule has 10 fully saturated rings. The lowest BCUT2D eigenvalue weighted by atomic mass is 9.55. The largest absolute Gasteiger partial charge is 0.475 e. The van der Waals surface area contributed by atoms with E-state index in [-0.39, 0.29) is 96.7 Å². The number of ether oxygens (including phenoxy) is 2. The first-order chi connectivity index (χ1) is 29.1. The van der Waals surface area contributed by atoms with Crippen molar-refractivity contribution in [2.75, 3.05) is 19.0 Å².